The van der Waals surface area contributed by atoms with Gasteiger partial charge in [-0.15, -0.1) is 0 Å². The van der Waals surface area contributed by atoms with Gasteiger partial charge in [0.05, 0.1) is 6.61 Å². The van der Waals surface area contributed by atoms with Crippen LogP contribution in [0.15, 0.2) is 0 Å². The minimum absolute atomic E-state index is 0.528. The summed E-state index contributed by atoms with van der Waals surface area (Å²) in [5.74, 6) is 2.35. The summed E-state index contributed by atoms with van der Waals surface area (Å²) in [5.41, 5.74) is 0. The van der Waals surface area contributed by atoms with Gasteiger partial charge in [-0.05, 0) is 18.7 Å². The van der Waals surface area contributed by atoms with Crippen LogP contribution in [0.25, 0.3) is 0 Å². The van der Waals surface area contributed by atoms with Crippen LogP contribution in [-0.4, -0.2) is 37.8 Å². The molecule has 0 radical (unpaired) electrons. The van der Waals surface area contributed by atoms with E-state index < -0.39 is 0 Å². The average molecular weight is 191 g/mol. The zero-order valence-corrected chi connectivity index (χ0v) is 9.25. The number of rotatable bonds is 8. The lowest BCUT2D eigenvalue weighted by atomic mass is 10.3. The Labute approximate surface area is 80.4 Å². The second-order valence-electron chi connectivity index (χ2n) is 2.77. The van der Waals surface area contributed by atoms with E-state index in [9.17, 15) is 0 Å². The maximum absolute atomic E-state index is 5.12. The van der Waals surface area contributed by atoms with E-state index in [-0.39, 0.29) is 0 Å². The van der Waals surface area contributed by atoms with Crippen molar-refractivity contribution >= 4 is 11.8 Å². The minimum atomic E-state index is 0.528. The van der Waals surface area contributed by atoms with Crippen LogP contribution in [0.1, 0.15) is 20.3 Å². The van der Waals surface area contributed by atoms with Crippen LogP contribution in [0.2, 0.25) is 0 Å². The van der Waals surface area contributed by atoms with Crippen molar-refractivity contribution in [1.29, 1.82) is 0 Å². The lowest BCUT2D eigenvalue weighted by Crippen LogP contribution is -2.35. The van der Waals surface area contributed by atoms with Gasteiger partial charge in [-0.3, -0.25) is 0 Å². The Kier molecular flexibility index (Phi) is 9.57. The molecule has 2 nitrogen and oxygen atoms in total. The first-order chi connectivity index (χ1) is 5.85. The standard InChI is InChI=1S/C9H21NOS/c1-4-6-10-9(7-11-3)8-12-5-2/h9-10H,4-8H2,1-3H3. The Hall–Kier alpha value is 0.270. The summed E-state index contributed by atoms with van der Waals surface area (Å²) >= 11 is 1.96. The highest BCUT2D eigenvalue weighted by molar-refractivity contribution is 7.99. The number of ether oxygens (including phenoxy) is 1. The molecule has 0 heterocycles. The van der Waals surface area contributed by atoms with Crippen molar-refractivity contribution < 1.29 is 4.74 Å². The molecule has 0 amide bonds. The first-order valence-corrected chi connectivity index (χ1v) is 5.80. The summed E-state index contributed by atoms with van der Waals surface area (Å²) in [6.45, 7) is 6.30. The van der Waals surface area contributed by atoms with Gasteiger partial charge in [0.25, 0.3) is 0 Å². The van der Waals surface area contributed by atoms with Crippen LogP contribution in [0, 0.1) is 0 Å². The Balaban J connectivity index is 3.40. The van der Waals surface area contributed by atoms with Crippen molar-refractivity contribution in [2.24, 2.45) is 0 Å². The Morgan fingerprint density at radius 3 is 2.67 bits per heavy atom. The molecule has 12 heavy (non-hydrogen) atoms. The lowest BCUT2D eigenvalue weighted by molar-refractivity contribution is 0.174. The molecular weight excluding hydrogens is 170 g/mol. The zero-order chi connectivity index (χ0) is 9.23. The van der Waals surface area contributed by atoms with Crippen LogP contribution >= 0.6 is 11.8 Å². The second kappa shape index (κ2) is 9.36. The van der Waals surface area contributed by atoms with Crippen molar-refractivity contribution in [2.45, 2.75) is 26.3 Å². The number of hydrogen-bond acceptors (Lipinski definition) is 3. The van der Waals surface area contributed by atoms with Crippen LogP contribution in [0.4, 0.5) is 0 Å². The highest BCUT2D eigenvalue weighted by Crippen LogP contribution is 2.02. The Bertz CT molecular complexity index is 82.6. The fourth-order valence-electron chi connectivity index (χ4n) is 0.976. The van der Waals surface area contributed by atoms with E-state index in [1.807, 2.05) is 11.8 Å². The van der Waals surface area contributed by atoms with Crippen LogP contribution in [0.5, 0.6) is 0 Å². The summed E-state index contributed by atoms with van der Waals surface area (Å²) in [5, 5.41) is 3.46. The van der Waals surface area contributed by atoms with Crippen LogP contribution in [0.3, 0.4) is 0 Å². The molecular formula is C9H21NOS. The molecule has 3 heteroatoms. The third-order valence-corrected chi connectivity index (χ3v) is 2.62. The maximum atomic E-state index is 5.12. The highest BCUT2D eigenvalue weighted by Gasteiger charge is 2.05. The number of thioether (sulfide) groups is 1. The topological polar surface area (TPSA) is 21.3 Å². The van der Waals surface area contributed by atoms with E-state index in [1.165, 1.54) is 12.2 Å². The molecule has 0 fully saturated rings. The quantitative estimate of drug-likeness (QED) is 0.631. The van der Waals surface area contributed by atoms with Gasteiger partial charge in [-0.1, -0.05) is 13.8 Å². The summed E-state index contributed by atoms with van der Waals surface area (Å²) in [6.07, 6.45) is 1.19. The van der Waals surface area contributed by atoms with E-state index >= 15 is 0 Å². The largest absolute Gasteiger partial charge is 0.383 e. The van der Waals surface area contributed by atoms with Gasteiger partial charge < -0.3 is 10.1 Å². The molecule has 0 aromatic heterocycles. The molecule has 0 spiro atoms. The van der Waals surface area contributed by atoms with Gasteiger partial charge in [-0.2, -0.15) is 11.8 Å². The molecule has 0 saturated heterocycles. The number of nitrogens with one attached hydrogen (secondary N) is 1. The third-order valence-electron chi connectivity index (χ3n) is 1.57. The molecule has 0 aliphatic heterocycles. The fraction of sp³-hybridized carbons (Fsp3) is 1.00. The SMILES string of the molecule is CCCNC(COC)CSCC. The predicted molar refractivity (Wildman–Crippen MR) is 57.0 cm³/mol. The predicted octanol–water partition coefficient (Wildman–Crippen LogP) is 1.75. The Morgan fingerprint density at radius 2 is 2.17 bits per heavy atom. The molecule has 0 bridgehead atoms. The normalized spacial score (nSPS) is 13.2. The van der Waals surface area contributed by atoms with Crippen molar-refractivity contribution in [3.05, 3.63) is 0 Å². The van der Waals surface area contributed by atoms with Crippen molar-refractivity contribution in [2.75, 3.05) is 31.8 Å². The van der Waals surface area contributed by atoms with E-state index in [0.717, 1.165) is 18.9 Å². The summed E-state index contributed by atoms with van der Waals surface area (Å²) < 4.78 is 5.12. The van der Waals surface area contributed by atoms with Gasteiger partial charge in [0, 0.05) is 18.9 Å². The van der Waals surface area contributed by atoms with E-state index in [2.05, 4.69) is 19.2 Å². The number of methoxy groups -OCH3 is 1. The molecule has 0 saturated carbocycles. The van der Waals surface area contributed by atoms with Crippen LogP contribution < -0.4 is 5.32 Å². The van der Waals surface area contributed by atoms with Gasteiger partial charge in [-0.25, -0.2) is 0 Å². The third kappa shape index (κ3) is 6.95. The van der Waals surface area contributed by atoms with Crippen molar-refractivity contribution in [1.82, 2.24) is 5.32 Å². The van der Waals surface area contributed by atoms with Crippen molar-refractivity contribution in [3.8, 4) is 0 Å². The fourth-order valence-corrected chi connectivity index (χ4v) is 1.71. The monoisotopic (exact) mass is 191 g/mol. The first-order valence-electron chi connectivity index (χ1n) is 4.65. The van der Waals surface area contributed by atoms with E-state index in [0.29, 0.717) is 6.04 Å². The molecule has 1 N–H and O–H groups in total. The van der Waals surface area contributed by atoms with Gasteiger partial charge >= 0.3 is 0 Å². The smallest absolute Gasteiger partial charge is 0.0623 e. The van der Waals surface area contributed by atoms with Crippen LogP contribution in [-0.2, 0) is 4.74 Å². The van der Waals surface area contributed by atoms with Gasteiger partial charge in [0.15, 0.2) is 0 Å². The molecule has 1 atom stereocenters. The average Bonchev–Trinajstić information content (AvgIpc) is 2.10. The molecule has 74 valence electrons. The van der Waals surface area contributed by atoms with E-state index in [1.54, 1.807) is 7.11 Å². The van der Waals surface area contributed by atoms with E-state index in [4.69, 9.17) is 4.74 Å². The summed E-state index contributed by atoms with van der Waals surface area (Å²) in [4.78, 5) is 0. The molecule has 0 rings (SSSR count). The minimum Gasteiger partial charge on any atom is -0.383 e. The number of hydrogen-bond donors (Lipinski definition) is 1. The molecule has 0 aromatic carbocycles. The van der Waals surface area contributed by atoms with Gasteiger partial charge in [0.2, 0.25) is 0 Å². The molecule has 0 aliphatic carbocycles. The molecule has 0 aromatic rings. The lowest BCUT2D eigenvalue weighted by Gasteiger charge is -2.16. The Morgan fingerprint density at radius 1 is 1.42 bits per heavy atom. The second-order valence-corrected chi connectivity index (χ2v) is 4.08. The highest BCUT2D eigenvalue weighted by atomic mass is 32.2. The molecule has 1 unspecified atom stereocenters. The summed E-state index contributed by atoms with van der Waals surface area (Å²) in [7, 11) is 1.76. The maximum Gasteiger partial charge on any atom is 0.0623 e. The molecule has 0 aliphatic rings. The van der Waals surface area contributed by atoms with Gasteiger partial charge in [0.1, 0.15) is 0 Å². The zero-order valence-electron chi connectivity index (χ0n) is 8.43. The van der Waals surface area contributed by atoms with Crippen molar-refractivity contribution in [3.63, 3.8) is 0 Å². The first kappa shape index (κ1) is 12.3. The summed E-state index contributed by atoms with van der Waals surface area (Å²) in [6, 6.07) is 0.528.